The summed E-state index contributed by atoms with van der Waals surface area (Å²) in [5.41, 5.74) is 1.60. The molecule has 1 heterocycles. The van der Waals surface area contributed by atoms with Crippen LogP contribution in [0.1, 0.15) is 29.8 Å². The number of amides is 1. The third kappa shape index (κ3) is 4.78. The Morgan fingerprint density at radius 2 is 1.77 bits per heavy atom. The number of benzene rings is 2. The van der Waals surface area contributed by atoms with Crippen LogP contribution in [0.5, 0.6) is 5.75 Å². The molecule has 1 N–H and O–H groups in total. The van der Waals surface area contributed by atoms with Gasteiger partial charge in [0.25, 0.3) is 5.91 Å². The molecule has 1 aliphatic heterocycles. The first-order valence-corrected chi connectivity index (χ1v) is 11.3. The molecule has 3 rings (SSSR count). The van der Waals surface area contributed by atoms with Crippen molar-refractivity contribution in [3.8, 4) is 5.75 Å². The average Bonchev–Trinajstić information content (AvgIpc) is 2.69. The maximum Gasteiger partial charge on any atom is 0.255 e. The second-order valence-corrected chi connectivity index (χ2v) is 9.70. The normalized spacial score (nSPS) is 20.0. The van der Waals surface area contributed by atoms with E-state index >= 15 is 0 Å². The quantitative estimate of drug-likeness (QED) is 0.747. The van der Waals surface area contributed by atoms with Crippen molar-refractivity contribution >= 4 is 33.2 Å². The molecule has 0 bridgehead atoms. The summed E-state index contributed by atoms with van der Waals surface area (Å²) in [5.74, 6) is 0.0568. The third-order valence-electron chi connectivity index (χ3n) is 4.87. The molecule has 1 fully saturated rings. The lowest BCUT2D eigenvalue weighted by atomic mass is 10.1. The van der Waals surface area contributed by atoms with Crippen LogP contribution in [0.3, 0.4) is 0 Å². The molecule has 0 aromatic heterocycles. The molecule has 1 saturated heterocycles. The largest absolute Gasteiger partial charge is 0.495 e. The van der Waals surface area contributed by atoms with E-state index in [1.54, 1.807) is 12.1 Å². The number of carbonyl (C=O) groups is 1. The highest BCUT2D eigenvalue weighted by molar-refractivity contribution is 7.89. The standard InChI is InChI=1S/C21H25ClN2O5S/c1-13-9-19(20(28-4)10-18(13)22)23-21(25)16-5-7-17(8-6-16)30(26,27)24-11-14(2)29-15(3)12-24/h5-10,14-15H,11-12H2,1-4H3,(H,23,25)/t14-,15-/m1/s1. The number of methoxy groups -OCH3 is 1. The van der Waals surface area contributed by atoms with Crippen LogP contribution in [0.2, 0.25) is 5.02 Å². The van der Waals surface area contributed by atoms with Crippen molar-refractivity contribution in [3.05, 3.63) is 52.5 Å². The molecule has 30 heavy (non-hydrogen) atoms. The Hall–Kier alpha value is -2.13. The first-order valence-electron chi connectivity index (χ1n) is 9.53. The Kier molecular flexibility index (Phi) is 6.71. The maximum atomic E-state index is 12.9. The summed E-state index contributed by atoms with van der Waals surface area (Å²) in [4.78, 5) is 12.8. The van der Waals surface area contributed by atoms with Crippen molar-refractivity contribution in [3.63, 3.8) is 0 Å². The fourth-order valence-corrected chi connectivity index (χ4v) is 5.12. The van der Waals surface area contributed by atoms with E-state index in [0.717, 1.165) is 5.56 Å². The van der Waals surface area contributed by atoms with E-state index in [0.29, 0.717) is 35.1 Å². The summed E-state index contributed by atoms with van der Waals surface area (Å²) in [7, 11) is -2.17. The van der Waals surface area contributed by atoms with E-state index in [1.807, 2.05) is 20.8 Å². The van der Waals surface area contributed by atoms with Gasteiger partial charge in [0.1, 0.15) is 5.75 Å². The highest BCUT2D eigenvalue weighted by Crippen LogP contribution is 2.31. The van der Waals surface area contributed by atoms with E-state index in [1.165, 1.54) is 35.7 Å². The predicted molar refractivity (Wildman–Crippen MR) is 116 cm³/mol. The number of anilines is 1. The third-order valence-corrected chi connectivity index (χ3v) is 7.12. The number of rotatable bonds is 5. The zero-order valence-corrected chi connectivity index (χ0v) is 18.9. The molecule has 0 unspecified atom stereocenters. The van der Waals surface area contributed by atoms with Crippen LogP contribution >= 0.6 is 11.6 Å². The van der Waals surface area contributed by atoms with Crippen molar-refractivity contribution in [2.75, 3.05) is 25.5 Å². The number of halogens is 1. The molecule has 7 nitrogen and oxygen atoms in total. The van der Waals surface area contributed by atoms with E-state index in [-0.39, 0.29) is 23.0 Å². The van der Waals surface area contributed by atoms with Gasteiger partial charge < -0.3 is 14.8 Å². The Bertz CT molecular complexity index is 1030. The van der Waals surface area contributed by atoms with Gasteiger partial charge in [0.05, 0.1) is 29.9 Å². The summed E-state index contributed by atoms with van der Waals surface area (Å²) in [6, 6.07) is 9.22. The summed E-state index contributed by atoms with van der Waals surface area (Å²) in [6.07, 6.45) is -0.349. The number of nitrogens with one attached hydrogen (secondary N) is 1. The van der Waals surface area contributed by atoms with Crippen LogP contribution < -0.4 is 10.1 Å². The molecule has 0 aliphatic carbocycles. The van der Waals surface area contributed by atoms with Crippen LogP contribution in [0.4, 0.5) is 5.69 Å². The smallest absolute Gasteiger partial charge is 0.255 e. The molecule has 2 aromatic carbocycles. The lowest BCUT2D eigenvalue weighted by Gasteiger charge is -2.34. The predicted octanol–water partition coefficient (Wildman–Crippen LogP) is 3.71. The van der Waals surface area contributed by atoms with Crippen molar-refractivity contribution < 1.29 is 22.7 Å². The van der Waals surface area contributed by atoms with Gasteiger partial charge in [-0.3, -0.25) is 4.79 Å². The van der Waals surface area contributed by atoms with Gasteiger partial charge in [-0.25, -0.2) is 8.42 Å². The van der Waals surface area contributed by atoms with Crippen LogP contribution in [-0.2, 0) is 14.8 Å². The number of nitrogens with zero attached hydrogens (tertiary/aromatic N) is 1. The number of hydrogen-bond acceptors (Lipinski definition) is 5. The number of carbonyl (C=O) groups excluding carboxylic acids is 1. The zero-order chi connectivity index (χ0) is 22.1. The minimum Gasteiger partial charge on any atom is -0.495 e. The van der Waals surface area contributed by atoms with Crippen molar-refractivity contribution in [2.24, 2.45) is 0 Å². The molecule has 162 valence electrons. The average molecular weight is 453 g/mol. The van der Waals surface area contributed by atoms with E-state index < -0.39 is 10.0 Å². The van der Waals surface area contributed by atoms with Gasteiger partial charge in [-0.2, -0.15) is 4.31 Å². The zero-order valence-electron chi connectivity index (χ0n) is 17.3. The monoisotopic (exact) mass is 452 g/mol. The van der Waals surface area contributed by atoms with Gasteiger partial charge in [-0.1, -0.05) is 11.6 Å². The second kappa shape index (κ2) is 8.93. The van der Waals surface area contributed by atoms with Crippen molar-refractivity contribution in [2.45, 2.75) is 37.9 Å². The van der Waals surface area contributed by atoms with Gasteiger partial charge in [0.2, 0.25) is 10.0 Å². The molecule has 1 amide bonds. The first-order chi connectivity index (χ1) is 14.1. The van der Waals surface area contributed by atoms with Gasteiger partial charge in [-0.15, -0.1) is 0 Å². The Morgan fingerprint density at radius 1 is 1.17 bits per heavy atom. The minimum absolute atomic E-state index is 0.139. The first kappa shape index (κ1) is 22.6. The highest BCUT2D eigenvalue weighted by Gasteiger charge is 2.32. The van der Waals surface area contributed by atoms with Crippen LogP contribution in [0, 0.1) is 6.92 Å². The van der Waals surface area contributed by atoms with Gasteiger partial charge in [-0.05, 0) is 56.7 Å². The minimum atomic E-state index is -3.66. The lowest BCUT2D eigenvalue weighted by molar-refractivity contribution is -0.0440. The molecular formula is C21H25ClN2O5S. The summed E-state index contributed by atoms with van der Waals surface area (Å²) < 4.78 is 38.2. The van der Waals surface area contributed by atoms with Gasteiger partial charge in [0, 0.05) is 29.7 Å². The van der Waals surface area contributed by atoms with Crippen LogP contribution in [0.15, 0.2) is 41.3 Å². The summed E-state index contributed by atoms with van der Waals surface area (Å²) in [5, 5.41) is 3.31. The SMILES string of the molecule is COc1cc(Cl)c(C)cc1NC(=O)c1ccc(S(=O)(=O)N2C[C@@H](C)O[C@H](C)C2)cc1. The molecule has 9 heteroatoms. The molecule has 0 saturated carbocycles. The number of sulfonamides is 1. The molecule has 0 spiro atoms. The number of ether oxygens (including phenoxy) is 2. The maximum absolute atomic E-state index is 12.9. The van der Waals surface area contributed by atoms with Gasteiger partial charge >= 0.3 is 0 Å². The fraction of sp³-hybridized carbons (Fsp3) is 0.381. The number of morpholine rings is 1. The van der Waals surface area contributed by atoms with Crippen molar-refractivity contribution in [1.82, 2.24) is 4.31 Å². The molecule has 1 aliphatic rings. The highest BCUT2D eigenvalue weighted by atomic mass is 35.5. The fourth-order valence-electron chi connectivity index (χ4n) is 3.38. The van der Waals surface area contributed by atoms with E-state index in [2.05, 4.69) is 5.32 Å². The van der Waals surface area contributed by atoms with Crippen molar-refractivity contribution in [1.29, 1.82) is 0 Å². The Labute approximate surface area is 182 Å². The molecule has 2 aromatic rings. The summed E-state index contributed by atoms with van der Waals surface area (Å²) in [6.45, 7) is 6.11. The Morgan fingerprint density at radius 3 is 2.33 bits per heavy atom. The second-order valence-electron chi connectivity index (χ2n) is 7.36. The van der Waals surface area contributed by atoms with E-state index in [4.69, 9.17) is 21.1 Å². The molecular weight excluding hydrogens is 428 g/mol. The molecule has 2 atom stereocenters. The summed E-state index contributed by atoms with van der Waals surface area (Å²) >= 11 is 6.10. The van der Waals surface area contributed by atoms with Gasteiger partial charge in [0.15, 0.2) is 0 Å². The number of aryl methyl sites for hydroxylation is 1. The van der Waals surface area contributed by atoms with Crippen LogP contribution in [0.25, 0.3) is 0 Å². The lowest BCUT2D eigenvalue weighted by Crippen LogP contribution is -2.48. The molecule has 0 radical (unpaired) electrons. The van der Waals surface area contributed by atoms with Crippen LogP contribution in [-0.4, -0.2) is 51.0 Å². The van der Waals surface area contributed by atoms with E-state index in [9.17, 15) is 13.2 Å². The Balaban J connectivity index is 1.79. The number of hydrogen-bond donors (Lipinski definition) is 1. The topological polar surface area (TPSA) is 84.9 Å².